The highest BCUT2D eigenvalue weighted by molar-refractivity contribution is 5.64. The van der Waals surface area contributed by atoms with Gasteiger partial charge in [-0.05, 0) is 32.0 Å². The number of nitro benzene ring substituents is 1. The smallest absolute Gasteiger partial charge is 0.295 e. The molecule has 26 heavy (non-hydrogen) atoms. The number of para-hydroxylation sites is 1. The van der Waals surface area contributed by atoms with Gasteiger partial charge in [-0.2, -0.15) is 0 Å². The van der Waals surface area contributed by atoms with Crippen molar-refractivity contribution in [3.05, 3.63) is 69.8 Å². The van der Waals surface area contributed by atoms with Gasteiger partial charge in [-0.15, -0.1) is 0 Å². The van der Waals surface area contributed by atoms with E-state index in [4.69, 9.17) is 4.74 Å². The molecule has 6 nitrogen and oxygen atoms in total. The summed E-state index contributed by atoms with van der Waals surface area (Å²) >= 11 is 0. The number of benzene rings is 2. The number of hydrogen-bond acceptors (Lipinski definition) is 5. The maximum atomic E-state index is 11.2. The Bertz CT molecular complexity index is 692. The highest BCUT2D eigenvalue weighted by atomic mass is 16.6. The Morgan fingerprint density at radius 3 is 2.62 bits per heavy atom. The van der Waals surface area contributed by atoms with E-state index in [9.17, 15) is 10.1 Å². The van der Waals surface area contributed by atoms with Crippen LogP contribution in [0.4, 0.5) is 11.4 Å². The monoisotopic (exact) mass is 357 g/mol. The molecule has 0 saturated carbocycles. The fourth-order valence-corrected chi connectivity index (χ4v) is 2.74. The Balaban J connectivity index is 1.63. The number of rotatable bonds is 11. The van der Waals surface area contributed by atoms with Gasteiger partial charge in [0.15, 0.2) is 0 Å². The van der Waals surface area contributed by atoms with Crippen molar-refractivity contribution < 1.29 is 9.66 Å². The van der Waals surface area contributed by atoms with E-state index < -0.39 is 0 Å². The molecule has 0 bridgehead atoms. The van der Waals surface area contributed by atoms with Gasteiger partial charge in [0.25, 0.3) is 5.69 Å². The van der Waals surface area contributed by atoms with Gasteiger partial charge in [-0.25, -0.2) is 0 Å². The van der Waals surface area contributed by atoms with Crippen LogP contribution in [0.25, 0.3) is 0 Å². The molecule has 0 radical (unpaired) electrons. The van der Waals surface area contributed by atoms with Crippen molar-refractivity contribution in [2.75, 3.05) is 38.6 Å². The summed E-state index contributed by atoms with van der Waals surface area (Å²) in [4.78, 5) is 13.1. The summed E-state index contributed by atoms with van der Waals surface area (Å²) in [6, 6.07) is 15.5. The number of nitrogens with one attached hydrogen (secondary N) is 1. The van der Waals surface area contributed by atoms with Gasteiger partial charge in [-0.3, -0.25) is 10.1 Å². The fraction of sp³-hybridized carbons (Fsp3) is 0.400. The van der Waals surface area contributed by atoms with E-state index in [-0.39, 0.29) is 10.6 Å². The van der Waals surface area contributed by atoms with Gasteiger partial charge in [0, 0.05) is 31.8 Å². The lowest BCUT2D eigenvalue weighted by atomic mass is 10.1. The quantitative estimate of drug-likeness (QED) is 0.376. The van der Waals surface area contributed by atoms with Crippen LogP contribution in [0.2, 0.25) is 0 Å². The largest absolute Gasteiger partial charge is 0.378 e. The minimum Gasteiger partial charge on any atom is -0.378 e. The van der Waals surface area contributed by atoms with E-state index in [0.717, 1.165) is 26.1 Å². The van der Waals surface area contributed by atoms with Crippen LogP contribution in [0.5, 0.6) is 0 Å². The predicted molar refractivity (Wildman–Crippen MR) is 105 cm³/mol. The first-order chi connectivity index (χ1) is 12.6. The van der Waals surface area contributed by atoms with Gasteiger partial charge < -0.3 is 15.0 Å². The Labute approximate surface area is 154 Å². The van der Waals surface area contributed by atoms with Crippen LogP contribution in [0.3, 0.4) is 0 Å². The first-order valence-electron chi connectivity index (χ1n) is 8.86. The molecule has 2 aromatic carbocycles. The predicted octanol–water partition coefficient (Wildman–Crippen LogP) is 3.85. The summed E-state index contributed by atoms with van der Waals surface area (Å²) < 4.78 is 5.68. The van der Waals surface area contributed by atoms with E-state index in [1.807, 2.05) is 31.3 Å². The number of nitrogens with zero attached hydrogens (tertiary/aromatic N) is 2. The highest BCUT2D eigenvalue weighted by Gasteiger charge is 2.16. The Kier molecular flexibility index (Phi) is 8.05. The van der Waals surface area contributed by atoms with Crippen molar-refractivity contribution in [3.63, 3.8) is 0 Å². The van der Waals surface area contributed by atoms with Gasteiger partial charge in [-0.1, -0.05) is 42.5 Å². The summed E-state index contributed by atoms with van der Waals surface area (Å²) in [6.45, 7) is 5.51. The van der Waals surface area contributed by atoms with Crippen molar-refractivity contribution in [1.29, 1.82) is 0 Å². The molecule has 0 fully saturated rings. The first kappa shape index (κ1) is 19.9. The molecule has 0 heterocycles. The Hall–Kier alpha value is -2.44. The van der Waals surface area contributed by atoms with Gasteiger partial charge in [0.05, 0.1) is 11.5 Å². The minimum atomic E-state index is -0.328. The summed E-state index contributed by atoms with van der Waals surface area (Å²) in [6.07, 6.45) is 0.952. The SMILES string of the molecule is Cc1cccc(NCCN(C)CCCOCc2ccccc2)c1[N+](=O)[O-]. The topological polar surface area (TPSA) is 67.6 Å². The molecular weight excluding hydrogens is 330 g/mol. The molecule has 6 heteroatoms. The molecule has 1 N–H and O–H groups in total. The maximum Gasteiger partial charge on any atom is 0.295 e. The Morgan fingerprint density at radius 1 is 1.12 bits per heavy atom. The minimum absolute atomic E-state index is 0.157. The van der Waals surface area contributed by atoms with Crippen molar-refractivity contribution in [1.82, 2.24) is 4.90 Å². The molecule has 140 valence electrons. The van der Waals surface area contributed by atoms with Crippen molar-refractivity contribution >= 4 is 11.4 Å². The van der Waals surface area contributed by atoms with Gasteiger partial charge >= 0.3 is 0 Å². The third kappa shape index (κ3) is 6.46. The van der Waals surface area contributed by atoms with Crippen molar-refractivity contribution in [2.24, 2.45) is 0 Å². The summed E-state index contributed by atoms with van der Waals surface area (Å²) in [7, 11) is 2.05. The average molecular weight is 357 g/mol. The lowest BCUT2D eigenvalue weighted by Crippen LogP contribution is -2.27. The van der Waals surface area contributed by atoms with Gasteiger partial charge in [0.1, 0.15) is 5.69 Å². The molecule has 0 unspecified atom stereocenters. The molecule has 2 rings (SSSR count). The number of aryl methyl sites for hydroxylation is 1. The van der Waals surface area contributed by atoms with E-state index in [1.54, 1.807) is 19.1 Å². The molecule has 0 aliphatic carbocycles. The molecule has 0 atom stereocenters. The highest BCUT2D eigenvalue weighted by Crippen LogP contribution is 2.27. The van der Waals surface area contributed by atoms with Crippen molar-refractivity contribution in [2.45, 2.75) is 20.0 Å². The van der Waals surface area contributed by atoms with Crippen LogP contribution in [0, 0.1) is 17.0 Å². The van der Waals surface area contributed by atoms with E-state index in [0.29, 0.717) is 24.4 Å². The van der Waals surface area contributed by atoms with Crippen LogP contribution in [0.15, 0.2) is 48.5 Å². The lowest BCUT2D eigenvalue weighted by molar-refractivity contribution is -0.384. The zero-order valence-corrected chi connectivity index (χ0v) is 15.5. The van der Waals surface area contributed by atoms with E-state index in [1.165, 1.54) is 5.56 Å². The third-order valence-corrected chi connectivity index (χ3v) is 4.17. The van der Waals surface area contributed by atoms with Crippen LogP contribution < -0.4 is 5.32 Å². The summed E-state index contributed by atoms with van der Waals surface area (Å²) in [5.41, 5.74) is 2.59. The lowest BCUT2D eigenvalue weighted by Gasteiger charge is -2.17. The number of likely N-dealkylation sites (N-methyl/N-ethyl adjacent to an activating group) is 1. The molecule has 0 amide bonds. The fourth-order valence-electron chi connectivity index (χ4n) is 2.74. The average Bonchev–Trinajstić information content (AvgIpc) is 2.62. The third-order valence-electron chi connectivity index (χ3n) is 4.17. The van der Waals surface area contributed by atoms with Crippen LogP contribution in [-0.2, 0) is 11.3 Å². The molecule has 0 spiro atoms. The summed E-state index contributed by atoms with van der Waals surface area (Å²) in [5.74, 6) is 0. The molecule has 0 saturated heterocycles. The zero-order chi connectivity index (χ0) is 18.8. The van der Waals surface area contributed by atoms with Crippen LogP contribution >= 0.6 is 0 Å². The van der Waals surface area contributed by atoms with Gasteiger partial charge in [0.2, 0.25) is 0 Å². The molecule has 0 aliphatic rings. The molecule has 0 aromatic heterocycles. The van der Waals surface area contributed by atoms with Crippen LogP contribution in [0.1, 0.15) is 17.5 Å². The second-order valence-corrected chi connectivity index (χ2v) is 6.35. The standard InChI is InChI=1S/C20H27N3O3/c1-17-8-6-11-19(20(17)23(24)25)21-12-14-22(2)13-7-15-26-16-18-9-4-3-5-10-18/h3-6,8-11,21H,7,12-16H2,1-2H3. The maximum absolute atomic E-state index is 11.2. The van der Waals surface area contributed by atoms with Crippen LogP contribution in [-0.4, -0.2) is 43.1 Å². The van der Waals surface area contributed by atoms with E-state index in [2.05, 4.69) is 22.3 Å². The molecule has 2 aromatic rings. The zero-order valence-electron chi connectivity index (χ0n) is 15.5. The molecule has 0 aliphatic heterocycles. The first-order valence-corrected chi connectivity index (χ1v) is 8.86. The second-order valence-electron chi connectivity index (χ2n) is 6.35. The number of nitro groups is 1. The summed E-state index contributed by atoms with van der Waals surface area (Å²) in [5, 5.41) is 14.4. The molecular formula is C20H27N3O3. The number of anilines is 1. The number of hydrogen-bond donors (Lipinski definition) is 1. The normalized spacial score (nSPS) is 10.9. The van der Waals surface area contributed by atoms with Crippen molar-refractivity contribution in [3.8, 4) is 0 Å². The number of ether oxygens (including phenoxy) is 1. The Morgan fingerprint density at radius 2 is 1.88 bits per heavy atom. The van der Waals surface area contributed by atoms with E-state index >= 15 is 0 Å². The second kappa shape index (κ2) is 10.5.